The molecule has 0 aliphatic heterocycles. The Morgan fingerprint density at radius 2 is 1.66 bits per heavy atom. The van der Waals surface area contributed by atoms with Crippen LogP contribution in [0.25, 0.3) is 0 Å². The van der Waals surface area contributed by atoms with E-state index in [1.165, 1.54) is 12.1 Å². The summed E-state index contributed by atoms with van der Waals surface area (Å²) in [5.41, 5.74) is 2.61. The number of benzene rings is 2. The third kappa shape index (κ3) is 7.25. The number of aromatic nitrogens is 3. The highest BCUT2D eigenvalue weighted by molar-refractivity contribution is 5.88. The highest BCUT2D eigenvalue weighted by Gasteiger charge is 2.31. The quantitative estimate of drug-likeness (QED) is 0.311. The normalized spacial score (nSPS) is 17.7. The van der Waals surface area contributed by atoms with Crippen molar-refractivity contribution in [1.82, 2.24) is 15.0 Å². The Labute approximate surface area is 218 Å². The molecule has 0 saturated heterocycles. The molecule has 3 aromatic rings. The molecule has 0 bridgehead atoms. The number of methoxy groups -OCH3 is 1. The van der Waals surface area contributed by atoms with Crippen molar-refractivity contribution in [3.8, 4) is 11.5 Å². The fraction of sp³-hybridized carbons (Fsp3) is 0.444. The van der Waals surface area contributed by atoms with E-state index in [1.807, 2.05) is 24.3 Å². The van der Waals surface area contributed by atoms with Gasteiger partial charge in [0.05, 0.1) is 38.7 Å². The van der Waals surface area contributed by atoms with E-state index in [2.05, 4.69) is 15.0 Å². The van der Waals surface area contributed by atoms with Crippen LogP contribution in [0, 0.1) is 0 Å². The molecule has 0 radical (unpaired) electrons. The number of hydrogen-bond donors (Lipinski definition) is 0. The van der Waals surface area contributed by atoms with Crippen LogP contribution in [0.15, 0.2) is 48.5 Å². The zero-order valence-corrected chi connectivity index (χ0v) is 21.2. The van der Waals surface area contributed by atoms with E-state index in [-0.39, 0.29) is 36.7 Å². The Kier molecular flexibility index (Phi) is 8.88. The van der Waals surface area contributed by atoms with E-state index in [1.54, 1.807) is 30.8 Å². The van der Waals surface area contributed by atoms with Gasteiger partial charge in [-0.25, -0.2) is 9.48 Å². The number of ether oxygens (including phenoxy) is 4. The molecule has 1 aromatic heterocycles. The van der Waals surface area contributed by atoms with Crippen molar-refractivity contribution < 1.29 is 36.9 Å². The molecule has 8 nitrogen and oxygen atoms in total. The van der Waals surface area contributed by atoms with Crippen molar-refractivity contribution in [2.24, 2.45) is 0 Å². The molecule has 1 aliphatic rings. The van der Waals surface area contributed by atoms with E-state index in [0.29, 0.717) is 12.2 Å². The maximum atomic E-state index is 12.5. The number of carbonyl (C=O) groups excluding carboxylic acids is 1. The van der Waals surface area contributed by atoms with Crippen molar-refractivity contribution in [3.63, 3.8) is 0 Å². The molecule has 1 saturated carbocycles. The smallest absolute Gasteiger partial charge is 0.497 e. The van der Waals surface area contributed by atoms with Crippen LogP contribution in [0.2, 0.25) is 0 Å². The summed E-state index contributed by atoms with van der Waals surface area (Å²) in [5.74, 6) is 0.195. The molecule has 38 heavy (non-hydrogen) atoms. The lowest BCUT2D eigenvalue weighted by atomic mass is 9.83. The van der Waals surface area contributed by atoms with Crippen LogP contribution in [0.5, 0.6) is 11.5 Å². The average molecular weight is 534 g/mol. The third-order valence-electron chi connectivity index (χ3n) is 6.51. The molecule has 0 atom stereocenters. The van der Waals surface area contributed by atoms with Gasteiger partial charge in [-0.3, -0.25) is 0 Å². The Balaban J connectivity index is 1.37. The summed E-state index contributed by atoms with van der Waals surface area (Å²) < 4.78 is 59.4. The number of alkyl halides is 3. The first kappa shape index (κ1) is 27.4. The second kappa shape index (κ2) is 12.3. The second-order valence-corrected chi connectivity index (χ2v) is 9.01. The predicted octanol–water partition coefficient (Wildman–Crippen LogP) is 5.65. The van der Waals surface area contributed by atoms with E-state index < -0.39 is 12.3 Å². The van der Waals surface area contributed by atoms with Gasteiger partial charge in [0.2, 0.25) is 0 Å². The van der Waals surface area contributed by atoms with Crippen LogP contribution in [0.4, 0.5) is 13.2 Å². The predicted molar refractivity (Wildman–Crippen MR) is 131 cm³/mol. The third-order valence-corrected chi connectivity index (χ3v) is 6.51. The number of carbonyl (C=O) groups is 1. The molecule has 204 valence electrons. The van der Waals surface area contributed by atoms with Crippen molar-refractivity contribution in [2.45, 2.75) is 64.1 Å². The molecule has 0 amide bonds. The number of esters is 1. The second-order valence-electron chi connectivity index (χ2n) is 9.01. The number of halogens is 3. The van der Waals surface area contributed by atoms with Crippen LogP contribution >= 0.6 is 0 Å². The molecule has 0 spiro atoms. The Morgan fingerprint density at radius 3 is 2.26 bits per heavy atom. The van der Waals surface area contributed by atoms with E-state index in [0.717, 1.165) is 42.6 Å². The molecule has 1 aliphatic carbocycles. The SMILES string of the molecule is CCOC(=O)c1nnn(Cc2ccc(OC)cc2)c1CO[C@H]1CC[C@H](c2ccc(OC(F)(F)F)cc2)CC1. The fourth-order valence-electron chi connectivity index (χ4n) is 4.57. The lowest BCUT2D eigenvalue weighted by Gasteiger charge is -2.29. The monoisotopic (exact) mass is 533 g/mol. The molecule has 2 aromatic carbocycles. The van der Waals surface area contributed by atoms with Crippen molar-refractivity contribution in [3.05, 3.63) is 71.0 Å². The van der Waals surface area contributed by atoms with Gasteiger partial charge in [0.15, 0.2) is 5.69 Å². The number of nitrogens with zero attached hydrogens (tertiary/aromatic N) is 3. The highest BCUT2D eigenvalue weighted by Crippen LogP contribution is 2.35. The first-order valence-electron chi connectivity index (χ1n) is 12.5. The van der Waals surface area contributed by atoms with Gasteiger partial charge < -0.3 is 18.9 Å². The van der Waals surface area contributed by atoms with Crippen molar-refractivity contribution in [1.29, 1.82) is 0 Å². The molecule has 11 heteroatoms. The van der Waals surface area contributed by atoms with Gasteiger partial charge in [0.1, 0.15) is 11.5 Å². The van der Waals surface area contributed by atoms with Crippen LogP contribution in [0.1, 0.15) is 65.8 Å². The van der Waals surface area contributed by atoms with E-state index in [9.17, 15) is 18.0 Å². The van der Waals surface area contributed by atoms with Gasteiger partial charge in [-0.15, -0.1) is 18.3 Å². The maximum Gasteiger partial charge on any atom is 0.573 e. The zero-order valence-electron chi connectivity index (χ0n) is 21.2. The number of hydrogen-bond acceptors (Lipinski definition) is 7. The zero-order chi connectivity index (χ0) is 27.1. The molecule has 1 fully saturated rings. The van der Waals surface area contributed by atoms with Crippen molar-refractivity contribution in [2.75, 3.05) is 13.7 Å². The van der Waals surface area contributed by atoms with Crippen LogP contribution in [0.3, 0.4) is 0 Å². The van der Waals surface area contributed by atoms with Gasteiger partial charge in [-0.05, 0) is 73.9 Å². The minimum atomic E-state index is -4.70. The minimum absolute atomic E-state index is 0.0292. The minimum Gasteiger partial charge on any atom is -0.497 e. The summed E-state index contributed by atoms with van der Waals surface area (Å²) >= 11 is 0. The van der Waals surface area contributed by atoms with E-state index in [4.69, 9.17) is 14.2 Å². The summed E-state index contributed by atoms with van der Waals surface area (Å²) in [7, 11) is 1.60. The van der Waals surface area contributed by atoms with Gasteiger partial charge in [-0.2, -0.15) is 0 Å². The summed E-state index contributed by atoms with van der Waals surface area (Å²) in [4.78, 5) is 12.5. The number of rotatable bonds is 10. The largest absolute Gasteiger partial charge is 0.573 e. The topological polar surface area (TPSA) is 84.7 Å². The fourth-order valence-corrected chi connectivity index (χ4v) is 4.57. The summed E-state index contributed by atoms with van der Waals surface area (Å²) in [5, 5.41) is 8.24. The first-order chi connectivity index (χ1) is 18.3. The summed E-state index contributed by atoms with van der Waals surface area (Å²) in [6.45, 7) is 2.50. The Morgan fingerprint density at radius 1 is 1.00 bits per heavy atom. The van der Waals surface area contributed by atoms with Crippen molar-refractivity contribution >= 4 is 5.97 Å². The standard InChI is InChI=1S/C27H30F3N3O5/c1-3-36-26(34)25-24(33(32-31-25)16-18-4-10-21(35-2)11-5-18)17-37-22-12-6-19(7-13-22)20-8-14-23(15-9-20)38-27(28,29)30/h4-5,8-11,14-15,19,22H,3,6-7,12-13,16-17H2,1-2H3/t19-,22-. The van der Waals surface area contributed by atoms with Crippen LogP contribution in [-0.2, 0) is 22.6 Å². The molecular weight excluding hydrogens is 503 g/mol. The van der Waals surface area contributed by atoms with Gasteiger partial charge >= 0.3 is 12.3 Å². The molecular formula is C27H30F3N3O5. The highest BCUT2D eigenvalue weighted by atomic mass is 19.4. The Hall–Kier alpha value is -3.60. The summed E-state index contributed by atoms with van der Waals surface area (Å²) in [6, 6.07) is 13.6. The van der Waals surface area contributed by atoms with Crippen LogP contribution < -0.4 is 9.47 Å². The van der Waals surface area contributed by atoms with E-state index >= 15 is 0 Å². The molecule has 4 rings (SSSR count). The van der Waals surface area contributed by atoms with Gasteiger partial charge in [0.25, 0.3) is 0 Å². The van der Waals surface area contributed by atoms with Gasteiger partial charge in [0, 0.05) is 0 Å². The summed E-state index contributed by atoms with van der Waals surface area (Å²) in [6.07, 6.45) is -1.51. The first-order valence-corrected chi connectivity index (χ1v) is 12.5. The molecule has 1 heterocycles. The maximum absolute atomic E-state index is 12.5. The van der Waals surface area contributed by atoms with Gasteiger partial charge in [-0.1, -0.05) is 29.5 Å². The Bertz CT molecular complexity index is 1190. The lowest BCUT2D eigenvalue weighted by molar-refractivity contribution is -0.274. The molecule has 0 N–H and O–H groups in total. The average Bonchev–Trinajstić information content (AvgIpc) is 3.30. The molecule has 0 unspecified atom stereocenters. The lowest BCUT2D eigenvalue weighted by Crippen LogP contribution is -2.22. The van der Waals surface area contributed by atoms with Crippen LogP contribution in [-0.4, -0.2) is 47.1 Å².